The Morgan fingerprint density at radius 3 is 2.31 bits per heavy atom. The molecule has 154 valence electrons. The van der Waals surface area contributed by atoms with Gasteiger partial charge in [-0.05, 0) is 45.9 Å². The lowest BCUT2D eigenvalue weighted by Gasteiger charge is -2.16. The second-order valence-electron chi connectivity index (χ2n) is 7.00. The Morgan fingerprint density at radius 2 is 1.76 bits per heavy atom. The molecule has 0 aliphatic rings. The number of aromatic hydroxyl groups is 1. The number of non-ortho nitro benzene ring substituents is 1. The van der Waals surface area contributed by atoms with Crippen LogP contribution in [0.15, 0.2) is 36.4 Å². The van der Waals surface area contributed by atoms with Crippen molar-refractivity contribution in [2.45, 2.75) is 46.3 Å². The number of nitro groups is 1. The average molecular weight is 401 g/mol. The van der Waals surface area contributed by atoms with E-state index in [1.807, 2.05) is 13.8 Å². The van der Waals surface area contributed by atoms with E-state index < -0.39 is 22.4 Å². The van der Waals surface area contributed by atoms with Crippen LogP contribution in [0, 0.1) is 10.1 Å². The van der Waals surface area contributed by atoms with Crippen molar-refractivity contribution in [3.05, 3.63) is 63.2 Å². The SMILES string of the molecule is CC(C)OC(=O)c1ccc(CC(=O)c2ccc([N+](=O)[O-])cc2O)c(OC(C)C)c1. The van der Waals surface area contributed by atoms with Crippen LogP contribution >= 0.6 is 0 Å². The van der Waals surface area contributed by atoms with Crippen molar-refractivity contribution < 1.29 is 29.1 Å². The third-order valence-electron chi connectivity index (χ3n) is 3.85. The van der Waals surface area contributed by atoms with E-state index in [-0.39, 0.29) is 29.9 Å². The molecule has 0 aliphatic heterocycles. The van der Waals surface area contributed by atoms with Crippen LogP contribution in [0.4, 0.5) is 5.69 Å². The molecule has 0 saturated heterocycles. The maximum Gasteiger partial charge on any atom is 0.338 e. The van der Waals surface area contributed by atoms with Crippen LogP contribution in [0.25, 0.3) is 0 Å². The number of phenolic OH excluding ortho intramolecular Hbond substituents is 1. The Labute approximate surface area is 168 Å². The van der Waals surface area contributed by atoms with Gasteiger partial charge in [0.05, 0.1) is 34.3 Å². The molecule has 0 heterocycles. The van der Waals surface area contributed by atoms with Gasteiger partial charge in [0, 0.05) is 18.1 Å². The molecule has 29 heavy (non-hydrogen) atoms. The summed E-state index contributed by atoms with van der Waals surface area (Å²) in [4.78, 5) is 34.9. The van der Waals surface area contributed by atoms with E-state index >= 15 is 0 Å². The summed E-state index contributed by atoms with van der Waals surface area (Å²) in [5, 5.41) is 20.8. The first kappa shape index (κ1) is 21.9. The van der Waals surface area contributed by atoms with Crippen molar-refractivity contribution in [2.24, 2.45) is 0 Å². The fraction of sp³-hybridized carbons (Fsp3) is 0.333. The van der Waals surface area contributed by atoms with Crippen molar-refractivity contribution in [3.8, 4) is 11.5 Å². The fourth-order valence-corrected chi connectivity index (χ4v) is 2.61. The second-order valence-corrected chi connectivity index (χ2v) is 7.00. The number of nitro benzene ring substituents is 1. The van der Waals surface area contributed by atoms with E-state index in [4.69, 9.17) is 9.47 Å². The van der Waals surface area contributed by atoms with Gasteiger partial charge in [0.2, 0.25) is 0 Å². The Bertz CT molecular complexity index is 935. The highest BCUT2D eigenvalue weighted by Gasteiger charge is 2.20. The molecule has 0 amide bonds. The first-order valence-corrected chi connectivity index (χ1v) is 9.09. The number of carbonyl (C=O) groups is 2. The van der Waals surface area contributed by atoms with Gasteiger partial charge in [0.1, 0.15) is 11.5 Å². The number of ketones is 1. The van der Waals surface area contributed by atoms with Crippen LogP contribution in [0.1, 0.15) is 54.0 Å². The zero-order valence-corrected chi connectivity index (χ0v) is 16.7. The minimum absolute atomic E-state index is 0.0330. The summed E-state index contributed by atoms with van der Waals surface area (Å²) in [7, 11) is 0. The molecule has 2 aromatic carbocycles. The number of benzene rings is 2. The average Bonchev–Trinajstić information content (AvgIpc) is 2.61. The predicted octanol–water partition coefficient (Wildman–Crippen LogP) is 4.08. The summed E-state index contributed by atoms with van der Waals surface area (Å²) in [6, 6.07) is 7.95. The maximum atomic E-state index is 12.6. The van der Waals surface area contributed by atoms with E-state index in [0.29, 0.717) is 16.9 Å². The van der Waals surface area contributed by atoms with Crippen molar-refractivity contribution in [1.82, 2.24) is 0 Å². The number of esters is 1. The highest BCUT2D eigenvalue weighted by molar-refractivity contribution is 6.00. The number of ether oxygens (including phenoxy) is 2. The number of nitrogens with zero attached hydrogens (tertiary/aromatic N) is 1. The highest BCUT2D eigenvalue weighted by Crippen LogP contribution is 2.28. The second kappa shape index (κ2) is 9.18. The summed E-state index contributed by atoms with van der Waals surface area (Å²) in [6.07, 6.45) is -0.594. The lowest BCUT2D eigenvalue weighted by atomic mass is 10.00. The quantitative estimate of drug-likeness (QED) is 0.307. The van der Waals surface area contributed by atoms with E-state index in [1.165, 1.54) is 18.2 Å². The minimum Gasteiger partial charge on any atom is -0.507 e. The lowest BCUT2D eigenvalue weighted by molar-refractivity contribution is -0.384. The molecule has 0 aliphatic carbocycles. The Morgan fingerprint density at radius 1 is 1.07 bits per heavy atom. The van der Waals surface area contributed by atoms with Gasteiger partial charge in [0.15, 0.2) is 5.78 Å². The van der Waals surface area contributed by atoms with Gasteiger partial charge < -0.3 is 14.6 Å². The van der Waals surface area contributed by atoms with Gasteiger partial charge in [-0.3, -0.25) is 14.9 Å². The van der Waals surface area contributed by atoms with Gasteiger partial charge in [-0.25, -0.2) is 4.79 Å². The maximum absolute atomic E-state index is 12.6. The molecule has 0 unspecified atom stereocenters. The molecule has 8 heteroatoms. The van der Waals surface area contributed by atoms with Crippen molar-refractivity contribution in [1.29, 1.82) is 0 Å². The molecule has 0 radical (unpaired) electrons. The number of rotatable bonds is 8. The Hall–Kier alpha value is -3.42. The number of carbonyl (C=O) groups excluding carboxylic acids is 2. The largest absolute Gasteiger partial charge is 0.507 e. The summed E-state index contributed by atoms with van der Waals surface area (Å²) in [6.45, 7) is 7.11. The Balaban J connectivity index is 2.32. The molecule has 0 aromatic heterocycles. The lowest BCUT2D eigenvalue weighted by Crippen LogP contribution is -2.14. The monoisotopic (exact) mass is 401 g/mol. The summed E-state index contributed by atoms with van der Waals surface area (Å²) < 4.78 is 10.9. The van der Waals surface area contributed by atoms with Crippen LogP contribution in [0.3, 0.4) is 0 Å². The molecule has 0 fully saturated rings. The number of Topliss-reactive ketones (excluding diaryl/α,β-unsaturated/α-hetero) is 1. The first-order valence-electron chi connectivity index (χ1n) is 9.09. The van der Waals surface area contributed by atoms with Crippen LogP contribution in [0.5, 0.6) is 11.5 Å². The van der Waals surface area contributed by atoms with E-state index in [1.54, 1.807) is 19.9 Å². The minimum atomic E-state index is -0.655. The summed E-state index contributed by atoms with van der Waals surface area (Å²) in [5.74, 6) is -1.05. The zero-order valence-electron chi connectivity index (χ0n) is 16.7. The molecular formula is C21H23NO7. The molecule has 1 N–H and O–H groups in total. The highest BCUT2D eigenvalue weighted by atomic mass is 16.6. The molecule has 0 saturated carbocycles. The molecule has 0 atom stereocenters. The van der Waals surface area contributed by atoms with Crippen LogP contribution in [-0.4, -0.2) is 34.0 Å². The van der Waals surface area contributed by atoms with E-state index in [9.17, 15) is 24.8 Å². The van der Waals surface area contributed by atoms with Crippen molar-refractivity contribution in [2.75, 3.05) is 0 Å². The molecular weight excluding hydrogens is 378 g/mol. The third-order valence-corrected chi connectivity index (χ3v) is 3.85. The molecule has 0 bridgehead atoms. The van der Waals surface area contributed by atoms with Gasteiger partial charge in [-0.2, -0.15) is 0 Å². The normalized spacial score (nSPS) is 10.8. The molecule has 2 aromatic rings. The van der Waals surface area contributed by atoms with Gasteiger partial charge in [0.25, 0.3) is 5.69 Å². The third kappa shape index (κ3) is 5.78. The van der Waals surface area contributed by atoms with Crippen molar-refractivity contribution in [3.63, 3.8) is 0 Å². The first-order chi connectivity index (χ1) is 13.6. The summed E-state index contributed by atoms with van der Waals surface area (Å²) >= 11 is 0. The fourth-order valence-electron chi connectivity index (χ4n) is 2.61. The van der Waals surface area contributed by atoms with Crippen LogP contribution < -0.4 is 4.74 Å². The molecule has 2 rings (SSSR count). The van der Waals surface area contributed by atoms with Crippen LogP contribution in [-0.2, 0) is 11.2 Å². The standard InChI is InChI=1S/C21H23NO7/c1-12(2)28-20-10-15(21(25)29-13(3)4)6-5-14(20)9-18(23)17-8-7-16(22(26)27)11-19(17)24/h5-8,10-13,24H,9H2,1-4H3. The summed E-state index contributed by atoms with van der Waals surface area (Å²) in [5.41, 5.74) is 0.469. The number of hydrogen-bond donors (Lipinski definition) is 1. The van der Waals surface area contributed by atoms with Gasteiger partial charge >= 0.3 is 5.97 Å². The van der Waals surface area contributed by atoms with Crippen molar-refractivity contribution >= 4 is 17.4 Å². The molecule has 0 spiro atoms. The zero-order chi connectivity index (χ0) is 21.7. The number of hydrogen-bond acceptors (Lipinski definition) is 7. The predicted molar refractivity (Wildman–Crippen MR) is 106 cm³/mol. The van der Waals surface area contributed by atoms with Crippen LogP contribution in [0.2, 0.25) is 0 Å². The number of phenols is 1. The smallest absolute Gasteiger partial charge is 0.338 e. The van der Waals surface area contributed by atoms with E-state index in [2.05, 4.69) is 0 Å². The topological polar surface area (TPSA) is 116 Å². The van der Waals surface area contributed by atoms with Gasteiger partial charge in [-0.15, -0.1) is 0 Å². The van der Waals surface area contributed by atoms with Gasteiger partial charge in [-0.1, -0.05) is 6.07 Å². The molecule has 8 nitrogen and oxygen atoms in total. The van der Waals surface area contributed by atoms with E-state index in [0.717, 1.165) is 12.1 Å². The Kier molecular flexibility index (Phi) is 6.93.